The normalized spacial score (nSPS) is 11.4. The molecule has 122 valence electrons. The molecule has 1 aromatic heterocycles. The Morgan fingerprint density at radius 1 is 1.04 bits per heavy atom. The average molecular weight is 344 g/mol. The Hall–Kier alpha value is -2.93. The van der Waals surface area contributed by atoms with Gasteiger partial charge in [-0.3, -0.25) is 4.79 Å². The zero-order valence-electron chi connectivity index (χ0n) is 12.6. The van der Waals surface area contributed by atoms with Crippen LogP contribution in [-0.4, -0.2) is 14.4 Å². The second-order valence-corrected chi connectivity index (χ2v) is 6.93. The third-order valence-electron chi connectivity index (χ3n) is 3.28. The summed E-state index contributed by atoms with van der Waals surface area (Å²) in [6.45, 7) is 1.25. The Labute approximate surface area is 137 Å². The SMILES string of the molecule is CC(=O)Oc1ccc2cc(S(=O)(=O)c3ccccc3)c(=O)oc2c1. The molecule has 0 unspecified atom stereocenters. The van der Waals surface area contributed by atoms with Crippen molar-refractivity contribution in [3.05, 3.63) is 65.0 Å². The average Bonchev–Trinajstić information content (AvgIpc) is 2.54. The van der Waals surface area contributed by atoms with Crippen molar-refractivity contribution in [2.24, 2.45) is 0 Å². The number of carbonyl (C=O) groups excluding carboxylic acids is 1. The first-order valence-corrected chi connectivity index (χ1v) is 8.43. The molecule has 24 heavy (non-hydrogen) atoms. The molecule has 0 atom stereocenters. The van der Waals surface area contributed by atoms with Crippen LogP contribution in [0.25, 0.3) is 11.0 Å². The molecule has 0 aliphatic heterocycles. The summed E-state index contributed by atoms with van der Waals surface area (Å²) >= 11 is 0. The molecule has 3 aromatic rings. The molecule has 1 heterocycles. The third-order valence-corrected chi connectivity index (χ3v) is 5.04. The van der Waals surface area contributed by atoms with Gasteiger partial charge in [-0.15, -0.1) is 0 Å². The van der Waals surface area contributed by atoms with Gasteiger partial charge in [0.1, 0.15) is 11.3 Å². The molecule has 0 saturated heterocycles. The molecule has 0 bridgehead atoms. The van der Waals surface area contributed by atoms with Crippen LogP contribution in [0.5, 0.6) is 5.75 Å². The van der Waals surface area contributed by atoms with Crippen LogP contribution in [0.4, 0.5) is 0 Å². The minimum Gasteiger partial charge on any atom is -0.427 e. The van der Waals surface area contributed by atoms with E-state index in [-0.39, 0.29) is 16.2 Å². The fraction of sp³-hybridized carbons (Fsp3) is 0.0588. The van der Waals surface area contributed by atoms with Gasteiger partial charge in [0.25, 0.3) is 0 Å². The summed E-state index contributed by atoms with van der Waals surface area (Å²) in [5.74, 6) is -0.309. The standard InChI is InChI=1S/C17H12O6S/c1-11(18)22-13-8-7-12-9-16(17(19)23-15(12)10-13)24(20,21)14-5-3-2-4-6-14/h2-10H,1H3. The van der Waals surface area contributed by atoms with Gasteiger partial charge in [0, 0.05) is 18.4 Å². The van der Waals surface area contributed by atoms with Crippen molar-refractivity contribution in [3.8, 4) is 5.75 Å². The van der Waals surface area contributed by atoms with Crippen molar-refractivity contribution >= 4 is 26.8 Å². The van der Waals surface area contributed by atoms with Crippen LogP contribution < -0.4 is 10.4 Å². The topological polar surface area (TPSA) is 90.7 Å². The second-order valence-electron chi connectivity index (χ2n) is 5.01. The molecule has 0 spiro atoms. The Balaban J connectivity index is 2.16. The lowest BCUT2D eigenvalue weighted by Crippen LogP contribution is -2.14. The van der Waals surface area contributed by atoms with E-state index in [0.29, 0.717) is 5.39 Å². The zero-order valence-corrected chi connectivity index (χ0v) is 13.4. The Kier molecular flexibility index (Phi) is 3.94. The van der Waals surface area contributed by atoms with E-state index in [9.17, 15) is 18.0 Å². The number of hydrogen-bond acceptors (Lipinski definition) is 6. The summed E-state index contributed by atoms with van der Waals surface area (Å²) < 4.78 is 35.2. The molecule has 0 fully saturated rings. The van der Waals surface area contributed by atoms with E-state index >= 15 is 0 Å². The van der Waals surface area contributed by atoms with Crippen molar-refractivity contribution in [1.29, 1.82) is 0 Å². The van der Waals surface area contributed by atoms with E-state index in [1.165, 1.54) is 43.3 Å². The molecule has 6 nitrogen and oxygen atoms in total. The molecule has 0 amide bonds. The van der Waals surface area contributed by atoms with Gasteiger partial charge in [0.05, 0.1) is 4.90 Å². The van der Waals surface area contributed by atoms with Gasteiger partial charge in [0.15, 0.2) is 4.90 Å². The largest absolute Gasteiger partial charge is 0.427 e. The van der Waals surface area contributed by atoms with Gasteiger partial charge in [-0.1, -0.05) is 18.2 Å². The minimum atomic E-state index is -3.98. The van der Waals surface area contributed by atoms with Crippen LogP contribution in [0.15, 0.2) is 73.6 Å². The van der Waals surface area contributed by atoms with Crippen LogP contribution >= 0.6 is 0 Å². The summed E-state index contributed by atoms with van der Waals surface area (Å²) in [5, 5.41) is 0.403. The van der Waals surface area contributed by atoms with Crippen molar-refractivity contribution in [2.75, 3.05) is 0 Å². The van der Waals surface area contributed by atoms with Gasteiger partial charge < -0.3 is 9.15 Å². The van der Waals surface area contributed by atoms with E-state index in [0.717, 1.165) is 0 Å². The predicted octanol–water partition coefficient (Wildman–Crippen LogP) is 2.55. The maximum Gasteiger partial charge on any atom is 0.355 e. The predicted molar refractivity (Wildman–Crippen MR) is 85.7 cm³/mol. The summed E-state index contributed by atoms with van der Waals surface area (Å²) in [6, 6.07) is 13.2. The van der Waals surface area contributed by atoms with Gasteiger partial charge in [-0.25, -0.2) is 13.2 Å². The number of fused-ring (bicyclic) bond motifs is 1. The lowest BCUT2D eigenvalue weighted by Gasteiger charge is -2.06. The van der Waals surface area contributed by atoms with Gasteiger partial charge in [-0.2, -0.15) is 0 Å². The number of hydrogen-bond donors (Lipinski definition) is 0. The van der Waals surface area contributed by atoms with E-state index in [1.807, 2.05) is 0 Å². The molecular weight excluding hydrogens is 332 g/mol. The van der Waals surface area contributed by atoms with E-state index in [2.05, 4.69) is 0 Å². The molecule has 0 N–H and O–H groups in total. The molecule has 0 saturated carbocycles. The van der Waals surface area contributed by atoms with Crippen molar-refractivity contribution in [1.82, 2.24) is 0 Å². The van der Waals surface area contributed by atoms with Gasteiger partial charge >= 0.3 is 11.6 Å². The van der Waals surface area contributed by atoms with Crippen molar-refractivity contribution in [2.45, 2.75) is 16.7 Å². The fourth-order valence-electron chi connectivity index (χ4n) is 2.22. The number of benzene rings is 2. The summed E-state index contributed by atoms with van der Waals surface area (Å²) in [4.78, 5) is 22.7. The van der Waals surface area contributed by atoms with Crippen molar-refractivity contribution < 1.29 is 22.4 Å². The first kappa shape index (κ1) is 15.9. The van der Waals surface area contributed by atoms with Crippen molar-refractivity contribution in [3.63, 3.8) is 0 Å². The number of sulfone groups is 1. The van der Waals surface area contributed by atoms with Gasteiger partial charge in [0.2, 0.25) is 9.84 Å². The monoisotopic (exact) mass is 344 g/mol. The highest BCUT2D eigenvalue weighted by atomic mass is 32.2. The zero-order chi connectivity index (χ0) is 17.3. The van der Waals surface area contributed by atoms with Crippen LogP contribution in [0.1, 0.15) is 6.92 Å². The Morgan fingerprint density at radius 2 is 1.75 bits per heavy atom. The van der Waals surface area contributed by atoms with Crippen LogP contribution in [0.3, 0.4) is 0 Å². The first-order valence-electron chi connectivity index (χ1n) is 6.94. The van der Waals surface area contributed by atoms with Gasteiger partial charge in [-0.05, 0) is 30.3 Å². The maximum atomic E-state index is 12.6. The molecular formula is C17H12O6S. The van der Waals surface area contributed by atoms with E-state index < -0.39 is 26.3 Å². The van der Waals surface area contributed by atoms with E-state index in [4.69, 9.17) is 9.15 Å². The number of rotatable bonds is 3. The highest BCUT2D eigenvalue weighted by molar-refractivity contribution is 7.91. The lowest BCUT2D eigenvalue weighted by atomic mass is 10.2. The maximum absolute atomic E-state index is 12.6. The lowest BCUT2D eigenvalue weighted by molar-refractivity contribution is -0.131. The summed E-state index contributed by atoms with van der Waals surface area (Å²) in [7, 11) is -3.98. The smallest absolute Gasteiger partial charge is 0.355 e. The van der Waals surface area contributed by atoms with E-state index in [1.54, 1.807) is 18.2 Å². The molecule has 0 aliphatic rings. The summed E-state index contributed by atoms with van der Waals surface area (Å²) in [6.07, 6.45) is 0. The number of carbonyl (C=O) groups is 1. The number of esters is 1. The minimum absolute atomic E-state index is 0.00758. The molecule has 2 aromatic carbocycles. The number of ether oxygens (including phenoxy) is 1. The summed E-state index contributed by atoms with van der Waals surface area (Å²) in [5.41, 5.74) is -0.850. The fourth-order valence-corrected chi connectivity index (χ4v) is 3.53. The van der Waals surface area contributed by atoms with Crippen LogP contribution in [0.2, 0.25) is 0 Å². The highest BCUT2D eigenvalue weighted by Crippen LogP contribution is 2.24. The quantitative estimate of drug-likeness (QED) is 0.412. The Bertz CT molecular complexity index is 1080. The second kappa shape index (κ2) is 5.93. The molecule has 7 heteroatoms. The molecule has 0 radical (unpaired) electrons. The first-order chi connectivity index (χ1) is 11.4. The highest BCUT2D eigenvalue weighted by Gasteiger charge is 2.23. The molecule has 3 rings (SSSR count). The van der Waals surface area contributed by atoms with Crippen LogP contribution in [-0.2, 0) is 14.6 Å². The van der Waals surface area contributed by atoms with Crippen LogP contribution in [0, 0.1) is 0 Å². The Morgan fingerprint density at radius 3 is 2.42 bits per heavy atom. The third kappa shape index (κ3) is 2.93. The molecule has 0 aliphatic carbocycles.